The number of aryl methyl sites for hydroxylation is 2. The van der Waals surface area contributed by atoms with Crippen molar-refractivity contribution in [3.8, 4) is 0 Å². The fourth-order valence-electron chi connectivity index (χ4n) is 2.43. The molecular weight excluding hydrogens is 278 g/mol. The van der Waals surface area contributed by atoms with Crippen molar-refractivity contribution < 1.29 is 9.90 Å². The van der Waals surface area contributed by atoms with Crippen LogP contribution < -0.4 is 0 Å². The van der Waals surface area contributed by atoms with Crippen LogP contribution in [0.1, 0.15) is 24.6 Å². The average molecular weight is 298 g/mol. The fourth-order valence-corrected chi connectivity index (χ4v) is 2.67. The van der Waals surface area contributed by atoms with E-state index in [1.54, 1.807) is 22.7 Å². The minimum atomic E-state index is -0.307. The van der Waals surface area contributed by atoms with Gasteiger partial charge in [0.2, 0.25) is 5.91 Å². The summed E-state index contributed by atoms with van der Waals surface area (Å²) in [5.41, 5.74) is 1.57. The maximum Gasteiger partial charge on any atom is 0.246 e. The molecule has 1 saturated heterocycles. The third kappa shape index (κ3) is 3.04. The zero-order valence-corrected chi connectivity index (χ0v) is 12.8. The number of hydrogen-bond acceptors (Lipinski definition) is 3. The molecule has 0 aliphatic carbocycles. The van der Waals surface area contributed by atoms with Crippen LogP contribution in [-0.4, -0.2) is 44.9 Å². The molecule has 0 aromatic carbocycles. The first-order valence-corrected chi connectivity index (χ1v) is 7.12. The summed E-state index contributed by atoms with van der Waals surface area (Å²) >= 11 is 6.12. The van der Waals surface area contributed by atoms with E-state index in [0.29, 0.717) is 24.7 Å². The van der Waals surface area contributed by atoms with Crippen LogP contribution in [-0.2, 0) is 11.8 Å². The molecule has 1 amide bonds. The Kier molecular flexibility index (Phi) is 4.50. The smallest absolute Gasteiger partial charge is 0.246 e. The van der Waals surface area contributed by atoms with Gasteiger partial charge >= 0.3 is 0 Å². The Bertz CT molecular complexity index is 539. The third-order valence-electron chi connectivity index (χ3n) is 3.76. The van der Waals surface area contributed by atoms with E-state index in [9.17, 15) is 9.90 Å². The van der Waals surface area contributed by atoms with E-state index in [4.69, 9.17) is 11.6 Å². The van der Waals surface area contributed by atoms with Gasteiger partial charge in [0.25, 0.3) is 0 Å². The maximum absolute atomic E-state index is 12.1. The van der Waals surface area contributed by atoms with E-state index in [-0.39, 0.29) is 17.9 Å². The predicted molar refractivity (Wildman–Crippen MR) is 78.4 cm³/mol. The number of aliphatic hydroxyl groups is 1. The Morgan fingerprint density at radius 1 is 1.55 bits per heavy atom. The number of rotatable bonds is 2. The molecule has 1 aliphatic heterocycles. The molecule has 20 heavy (non-hydrogen) atoms. The van der Waals surface area contributed by atoms with Gasteiger partial charge in [0.05, 0.1) is 11.8 Å². The number of carbonyl (C=O) groups excluding carboxylic acids is 1. The van der Waals surface area contributed by atoms with Gasteiger partial charge in [-0.2, -0.15) is 5.10 Å². The van der Waals surface area contributed by atoms with Gasteiger partial charge in [-0.1, -0.05) is 18.5 Å². The van der Waals surface area contributed by atoms with Crippen molar-refractivity contribution in [1.29, 1.82) is 0 Å². The number of aromatic nitrogens is 2. The van der Waals surface area contributed by atoms with Gasteiger partial charge in [-0.25, -0.2) is 0 Å². The zero-order valence-electron chi connectivity index (χ0n) is 12.0. The minimum Gasteiger partial charge on any atom is -0.393 e. The number of hydrogen-bond donors (Lipinski definition) is 1. The standard InChI is InChI=1S/C14H20ClN3O2/c1-9-8-18(7-6-12(9)19)13(20)5-4-11-10(2)16-17(3)14(11)15/h4-5,9,12,19H,6-8H2,1-3H3/b5-4+. The second kappa shape index (κ2) is 5.97. The van der Waals surface area contributed by atoms with Crippen LogP contribution in [0.15, 0.2) is 6.08 Å². The highest BCUT2D eigenvalue weighted by Gasteiger charge is 2.26. The van der Waals surface area contributed by atoms with Gasteiger partial charge in [0.15, 0.2) is 0 Å². The van der Waals surface area contributed by atoms with Crippen LogP contribution in [0.2, 0.25) is 5.15 Å². The molecular formula is C14H20ClN3O2. The summed E-state index contributed by atoms with van der Waals surface area (Å²) in [6.45, 7) is 4.99. The van der Waals surface area contributed by atoms with Gasteiger partial charge in [-0.05, 0) is 25.3 Å². The molecule has 2 rings (SSSR count). The number of carbonyl (C=O) groups is 1. The van der Waals surface area contributed by atoms with Crippen LogP contribution in [0.3, 0.4) is 0 Å². The predicted octanol–water partition coefficient (Wildman–Crippen LogP) is 1.62. The maximum atomic E-state index is 12.1. The first kappa shape index (κ1) is 15.1. The van der Waals surface area contributed by atoms with E-state index in [0.717, 1.165) is 11.3 Å². The zero-order chi connectivity index (χ0) is 14.9. The van der Waals surface area contributed by atoms with E-state index in [1.165, 1.54) is 6.08 Å². The second-order valence-electron chi connectivity index (χ2n) is 5.36. The van der Waals surface area contributed by atoms with Crippen molar-refractivity contribution in [2.45, 2.75) is 26.4 Å². The lowest BCUT2D eigenvalue weighted by Gasteiger charge is -2.33. The van der Waals surface area contributed by atoms with E-state index in [1.807, 2.05) is 13.8 Å². The molecule has 0 radical (unpaired) electrons. The summed E-state index contributed by atoms with van der Waals surface area (Å²) in [4.78, 5) is 13.9. The molecule has 1 N–H and O–H groups in total. The van der Waals surface area contributed by atoms with Crippen LogP contribution in [0.4, 0.5) is 0 Å². The lowest BCUT2D eigenvalue weighted by Crippen LogP contribution is -2.44. The molecule has 0 bridgehead atoms. The van der Waals surface area contributed by atoms with E-state index >= 15 is 0 Å². The highest BCUT2D eigenvalue weighted by Crippen LogP contribution is 2.21. The van der Waals surface area contributed by atoms with Crippen molar-refractivity contribution >= 4 is 23.6 Å². The fraction of sp³-hybridized carbons (Fsp3) is 0.571. The Morgan fingerprint density at radius 3 is 2.80 bits per heavy atom. The summed E-state index contributed by atoms with van der Waals surface area (Å²) in [6, 6.07) is 0. The van der Waals surface area contributed by atoms with Crippen molar-refractivity contribution in [1.82, 2.24) is 14.7 Å². The lowest BCUT2D eigenvalue weighted by atomic mass is 9.97. The van der Waals surface area contributed by atoms with Gasteiger partial charge < -0.3 is 10.0 Å². The van der Waals surface area contributed by atoms with Gasteiger partial charge in [-0.3, -0.25) is 9.48 Å². The first-order valence-electron chi connectivity index (χ1n) is 6.74. The average Bonchev–Trinajstić information content (AvgIpc) is 2.64. The molecule has 110 valence electrons. The van der Waals surface area contributed by atoms with Crippen LogP contribution in [0.5, 0.6) is 0 Å². The molecule has 2 atom stereocenters. The van der Waals surface area contributed by atoms with E-state index in [2.05, 4.69) is 5.10 Å². The summed E-state index contributed by atoms with van der Waals surface area (Å²) < 4.78 is 1.58. The van der Waals surface area contributed by atoms with Crippen molar-refractivity contribution in [2.24, 2.45) is 13.0 Å². The molecule has 2 unspecified atom stereocenters. The topological polar surface area (TPSA) is 58.4 Å². The minimum absolute atomic E-state index is 0.0527. The molecule has 1 aromatic heterocycles. The Hall–Kier alpha value is -1.33. The van der Waals surface area contributed by atoms with Crippen molar-refractivity contribution in [3.63, 3.8) is 0 Å². The molecule has 2 heterocycles. The normalized spacial score (nSPS) is 23.6. The van der Waals surface area contributed by atoms with Crippen molar-refractivity contribution in [3.05, 3.63) is 22.5 Å². The van der Waals surface area contributed by atoms with Crippen LogP contribution >= 0.6 is 11.6 Å². The highest BCUT2D eigenvalue weighted by atomic mass is 35.5. The SMILES string of the molecule is Cc1nn(C)c(Cl)c1/C=C/C(=O)N1CCC(O)C(C)C1. The lowest BCUT2D eigenvalue weighted by molar-refractivity contribution is -0.129. The van der Waals surface area contributed by atoms with Gasteiger partial charge in [0, 0.05) is 31.8 Å². The number of aliphatic hydroxyl groups excluding tert-OH is 1. The summed E-state index contributed by atoms with van der Waals surface area (Å²) in [6.07, 6.45) is 3.56. The monoisotopic (exact) mass is 297 g/mol. The first-order chi connectivity index (χ1) is 9.40. The molecule has 1 aromatic rings. The summed E-state index contributed by atoms with van der Waals surface area (Å²) in [5, 5.41) is 14.4. The summed E-state index contributed by atoms with van der Waals surface area (Å²) in [7, 11) is 1.77. The number of nitrogens with zero attached hydrogens (tertiary/aromatic N) is 3. The third-order valence-corrected chi connectivity index (χ3v) is 4.21. The largest absolute Gasteiger partial charge is 0.393 e. The number of piperidine rings is 1. The Morgan fingerprint density at radius 2 is 2.25 bits per heavy atom. The van der Waals surface area contributed by atoms with Crippen molar-refractivity contribution in [2.75, 3.05) is 13.1 Å². The van der Waals surface area contributed by atoms with Gasteiger partial charge in [0.1, 0.15) is 5.15 Å². The summed E-state index contributed by atoms with van der Waals surface area (Å²) in [5.74, 6) is 0.0629. The molecule has 0 saturated carbocycles. The van der Waals surface area contributed by atoms with E-state index < -0.39 is 0 Å². The molecule has 6 heteroatoms. The number of likely N-dealkylation sites (tertiary alicyclic amines) is 1. The Labute approximate surface area is 123 Å². The molecule has 5 nitrogen and oxygen atoms in total. The molecule has 1 fully saturated rings. The second-order valence-corrected chi connectivity index (χ2v) is 5.72. The quantitative estimate of drug-likeness (QED) is 0.844. The van der Waals surface area contributed by atoms with Gasteiger partial charge in [-0.15, -0.1) is 0 Å². The van der Waals surface area contributed by atoms with Crippen LogP contribution in [0.25, 0.3) is 6.08 Å². The molecule has 1 aliphatic rings. The van der Waals surface area contributed by atoms with Crippen LogP contribution in [0, 0.1) is 12.8 Å². The number of halogens is 1. The highest BCUT2D eigenvalue weighted by molar-refractivity contribution is 6.31. The number of amides is 1. The Balaban J connectivity index is 2.06. The molecule has 0 spiro atoms.